The Hall–Kier alpha value is -0.570. The molecule has 0 aromatic rings. The van der Waals surface area contributed by atoms with Crippen LogP contribution in [0.2, 0.25) is 0 Å². The molecule has 1 amide bonds. The summed E-state index contributed by atoms with van der Waals surface area (Å²) in [6.07, 6.45) is 10.7. The second-order valence-electron chi connectivity index (χ2n) is 6.47. The summed E-state index contributed by atoms with van der Waals surface area (Å²) in [5.74, 6) is 1.93. The smallest absolute Gasteiger partial charge is 0.220 e. The van der Waals surface area contributed by atoms with Crippen LogP contribution >= 0.6 is 0 Å². The molecule has 1 saturated carbocycles. The van der Waals surface area contributed by atoms with E-state index in [0.29, 0.717) is 6.04 Å². The Morgan fingerprint density at radius 3 is 2.53 bits per heavy atom. The lowest BCUT2D eigenvalue weighted by Crippen LogP contribution is -2.37. The number of nitrogens with one attached hydrogen (secondary N) is 2. The summed E-state index contributed by atoms with van der Waals surface area (Å²) < 4.78 is 0. The lowest BCUT2D eigenvalue weighted by Gasteiger charge is -2.29. The highest BCUT2D eigenvalue weighted by molar-refractivity contribution is 5.76. The average Bonchev–Trinajstić information content (AvgIpc) is 2.92. The first-order chi connectivity index (χ1) is 9.28. The number of hydrogen-bond donors (Lipinski definition) is 2. The van der Waals surface area contributed by atoms with Crippen molar-refractivity contribution in [2.24, 2.45) is 11.8 Å². The van der Waals surface area contributed by atoms with Gasteiger partial charge in [0.15, 0.2) is 0 Å². The molecule has 1 aliphatic carbocycles. The second-order valence-corrected chi connectivity index (χ2v) is 6.47. The van der Waals surface area contributed by atoms with Crippen molar-refractivity contribution in [2.45, 2.75) is 70.8 Å². The van der Waals surface area contributed by atoms with Crippen LogP contribution in [0, 0.1) is 11.8 Å². The fourth-order valence-electron chi connectivity index (χ4n) is 3.60. The molecule has 2 aliphatic rings. The zero-order valence-electron chi connectivity index (χ0n) is 12.4. The maximum atomic E-state index is 11.9. The summed E-state index contributed by atoms with van der Waals surface area (Å²) in [4.78, 5) is 11.9. The fourth-order valence-corrected chi connectivity index (χ4v) is 3.60. The number of hydrogen-bond acceptors (Lipinski definition) is 2. The minimum absolute atomic E-state index is 0.283. The van der Waals surface area contributed by atoms with Crippen molar-refractivity contribution in [1.82, 2.24) is 10.6 Å². The molecule has 1 saturated heterocycles. The molecule has 0 aromatic carbocycles. The van der Waals surface area contributed by atoms with E-state index in [1.54, 1.807) is 0 Å². The molecule has 1 heterocycles. The molecule has 110 valence electrons. The number of rotatable bonds is 6. The Labute approximate surface area is 117 Å². The Morgan fingerprint density at radius 2 is 1.89 bits per heavy atom. The largest absolute Gasteiger partial charge is 0.353 e. The maximum absolute atomic E-state index is 11.9. The Bertz CT molecular complexity index is 266. The molecule has 1 atom stereocenters. The van der Waals surface area contributed by atoms with Crippen LogP contribution in [0.15, 0.2) is 0 Å². The summed E-state index contributed by atoms with van der Waals surface area (Å²) in [6, 6.07) is 0.460. The second kappa shape index (κ2) is 7.88. The number of carbonyl (C=O) groups excluding carboxylic acids is 1. The van der Waals surface area contributed by atoms with E-state index in [4.69, 9.17) is 0 Å². The molecule has 0 radical (unpaired) electrons. The lowest BCUT2D eigenvalue weighted by atomic mass is 9.83. The molecule has 2 fully saturated rings. The van der Waals surface area contributed by atoms with E-state index >= 15 is 0 Å². The zero-order valence-corrected chi connectivity index (χ0v) is 12.4. The highest BCUT2D eigenvalue weighted by Crippen LogP contribution is 2.27. The molecule has 3 heteroatoms. The molecule has 3 nitrogen and oxygen atoms in total. The first kappa shape index (κ1) is 14.8. The van der Waals surface area contributed by atoms with Gasteiger partial charge in [-0.25, -0.2) is 0 Å². The van der Waals surface area contributed by atoms with Gasteiger partial charge in [-0.15, -0.1) is 0 Å². The molecule has 19 heavy (non-hydrogen) atoms. The van der Waals surface area contributed by atoms with Crippen molar-refractivity contribution in [3.8, 4) is 0 Å². The first-order valence-corrected chi connectivity index (χ1v) is 8.28. The van der Waals surface area contributed by atoms with Crippen molar-refractivity contribution in [3.05, 3.63) is 0 Å². The van der Waals surface area contributed by atoms with E-state index in [-0.39, 0.29) is 5.91 Å². The van der Waals surface area contributed by atoms with Crippen LogP contribution in [-0.2, 0) is 4.79 Å². The number of carbonyl (C=O) groups is 1. The number of amides is 1. The van der Waals surface area contributed by atoms with Gasteiger partial charge in [0.25, 0.3) is 0 Å². The fraction of sp³-hybridized carbons (Fsp3) is 0.938. The minimum Gasteiger partial charge on any atom is -0.353 e. The average molecular weight is 266 g/mol. The quantitative estimate of drug-likeness (QED) is 0.776. The van der Waals surface area contributed by atoms with E-state index in [0.717, 1.165) is 37.8 Å². The van der Waals surface area contributed by atoms with Gasteiger partial charge in [-0.3, -0.25) is 4.79 Å². The monoisotopic (exact) mass is 266 g/mol. The standard InChI is InChI=1S/C16H30N2O/c1-2-3-13-4-7-15(8-5-13)18-16(19)9-6-14-10-11-17-12-14/h13-15,17H,2-12H2,1H3,(H,18,19). The van der Waals surface area contributed by atoms with Gasteiger partial charge >= 0.3 is 0 Å². The molecule has 1 unspecified atom stereocenters. The molecule has 0 spiro atoms. The van der Waals surface area contributed by atoms with Crippen LogP contribution in [-0.4, -0.2) is 25.0 Å². The third kappa shape index (κ3) is 5.13. The predicted molar refractivity (Wildman–Crippen MR) is 79.0 cm³/mol. The Kier molecular flexibility index (Phi) is 6.15. The van der Waals surface area contributed by atoms with Gasteiger partial charge in [0, 0.05) is 12.5 Å². The summed E-state index contributed by atoms with van der Waals surface area (Å²) >= 11 is 0. The van der Waals surface area contributed by atoms with Crippen molar-refractivity contribution in [2.75, 3.05) is 13.1 Å². The zero-order chi connectivity index (χ0) is 13.5. The van der Waals surface area contributed by atoms with Crippen LogP contribution in [0.5, 0.6) is 0 Å². The summed E-state index contributed by atoms with van der Waals surface area (Å²) in [6.45, 7) is 4.51. The van der Waals surface area contributed by atoms with Crippen molar-refractivity contribution in [1.29, 1.82) is 0 Å². The van der Waals surface area contributed by atoms with Crippen molar-refractivity contribution in [3.63, 3.8) is 0 Å². The molecule has 2 rings (SSSR count). The summed E-state index contributed by atoms with van der Waals surface area (Å²) in [5, 5.41) is 6.61. The minimum atomic E-state index is 0.283. The third-order valence-corrected chi connectivity index (χ3v) is 4.85. The van der Waals surface area contributed by atoms with E-state index in [2.05, 4.69) is 17.6 Å². The molecule has 2 N–H and O–H groups in total. The van der Waals surface area contributed by atoms with Crippen LogP contribution in [0.4, 0.5) is 0 Å². The van der Waals surface area contributed by atoms with Gasteiger partial charge in [-0.1, -0.05) is 19.8 Å². The van der Waals surface area contributed by atoms with Gasteiger partial charge in [0.2, 0.25) is 5.91 Å². The maximum Gasteiger partial charge on any atom is 0.220 e. The topological polar surface area (TPSA) is 41.1 Å². The van der Waals surface area contributed by atoms with Gasteiger partial charge < -0.3 is 10.6 Å². The molecular weight excluding hydrogens is 236 g/mol. The van der Waals surface area contributed by atoms with Crippen molar-refractivity contribution < 1.29 is 4.79 Å². The van der Waals surface area contributed by atoms with Crippen LogP contribution < -0.4 is 10.6 Å². The first-order valence-electron chi connectivity index (χ1n) is 8.28. The molecule has 1 aliphatic heterocycles. The SMILES string of the molecule is CCCC1CCC(NC(=O)CCC2CCNC2)CC1. The van der Waals surface area contributed by atoms with Gasteiger partial charge in [0.1, 0.15) is 0 Å². The van der Waals surface area contributed by atoms with Crippen LogP contribution in [0.1, 0.15) is 64.7 Å². The van der Waals surface area contributed by atoms with E-state index in [9.17, 15) is 4.79 Å². The third-order valence-electron chi connectivity index (χ3n) is 4.85. The van der Waals surface area contributed by atoms with E-state index < -0.39 is 0 Å². The van der Waals surface area contributed by atoms with Gasteiger partial charge in [-0.05, 0) is 63.5 Å². The summed E-state index contributed by atoms with van der Waals surface area (Å²) in [7, 11) is 0. The highest BCUT2D eigenvalue weighted by Gasteiger charge is 2.22. The van der Waals surface area contributed by atoms with Crippen molar-refractivity contribution >= 4 is 5.91 Å². The lowest BCUT2D eigenvalue weighted by molar-refractivity contribution is -0.122. The normalized spacial score (nSPS) is 31.3. The summed E-state index contributed by atoms with van der Waals surface area (Å²) in [5.41, 5.74) is 0. The van der Waals surface area contributed by atoms with Gasteiger partial charge in [0.05, 0.1) is 0 Å². The van der Waals surface area contributed by atoms with E-state index in [1.165, 1.54) is 44.9 Å². The van der Waals surface area contributed by atoms with Crippen LogP contribution in [0.3, 0.4) is 0 Å². The molecule has 0 bridgehead atoms. The highest BCUT2D eigenvalue weighted by atomic mass is 16.1. The Balaban J connectivity index is 1.58. The predicted octanol–water partition coefficient (Wildman–Crippen LogP) is 2.85. The Morgan fingerprint density at radius 1 is 1.11 bits per heavy atom. The molecular formula is C16H30N2O. The van der Waals surface area contributed by atoms with Gasteiger partial charge in [-0.2, -0.15) is 0 Å². The van der Waals surface area contributed by atoms with E-state index in [1.807, 2.05) is 0 Å². The molecule has 0 aromatic heterocycles. The van der Waals surface area contributed by atoms with Crippen LogP contribution in [0.25, 0.3) is 0 Å².